The Morgan fingerprint density at radius 3 is 2.58 bits per heavy atom. The summed E-state index contributed by atoms with van der Waals surface area (Å²) < 4.78 is 4.80. The normalized spacial score (nSPS) is 11.8. The van der Waals surface area contributed by atoms with Crippen molar-refractivity contribution in [3.05, 3.63) is 45.1 Å². The highest BCUT2D eigenvalue weighted by Crippen LogP contribution is 2.28. The summed E-state index contributed by atoms with van der Waals surface area (Å²) >= 11 is 11.8. The van der Waals surface area contributed by atoms with Crippen molar-refractivity contribution in [1.82, 2.24) is 0 Å². The van der Waals surface area contributed by atoms with Crippen LogP contribution in [-0.4, -0.2) is 23.4 Å². The average molecular weight is 302 g/mol. The first-order valence-corrected chi connectivity index (χ1v) is 6.26. The lowest BCUT2D eigenvalue weighted by molar-refractivity contribution is -0.138. The molecule has 0 aromatic heterocycles. The number of nitrogens with one attached hydrogen (secondary N) is 1. The zero-order chi connectivity index (χ0) is 14.6. The third-order valence-electron chi connectivity index (χ3n) is 2.31. The van der Waals surface area contributed by atoms with E-state index >= 15 is 0 Å². The second-order valence-electron chi connectivity index (χ2n) is 3.66. The molecule has 6 heteroatoms. The van der Waals surface area contributed by atoms with Crippen LogP contribution in [0.4, 0.5) is 0 Å². The van der Waals surface area contributed by atoms with Crippen molar-refractivity contribution in [3.63, 3.8) is 0 Å². The maximum atomic E-state index is 11.7. The van der Waals surface area contributed by atoms with Gasteiger partial charge in [-0.25, -0.2) is 4.79 Å². The van der Waals surface area contributed by atoms with Crippen LogP contribution in [0.1, 0.15) is 19.4 Å². The van der Waals surface area contributed by atoms with E-state index in [4.69, 9.17) is 33.3 Å². The number of allylic oxidation sites excluding steroid dienone is 1. The number of rotatable bonds is 4. The maximum absolute atomic E-state index is 11.7. The average Bonchev–Trinajstić information content (AvgIpc) is 2.32. The Hall–Kier alpha value is -1.52. The van der Waals surface area contributed by atoms with E-state index < -0.39 is 5.97 Å². The molecule has 0 spiro atoms. The van der Waals surface area contributed by atoms with E-state index in [1.807, 2.05) is 0 Å². The van der Waals surface area contributed by atoms with E-state index in [2.05, 4.69) is 0 Å². The fourth-order valence-corrected chi connectivity index (χ4v) is 1.86. The second-order valence-corrected chi connectivity index (χ2v) is 4.44. The van der Waals surface area contributed by atoms with Gasteiger partial charge in [-0.2, -0.15) is 0 Å². The molecule has 0 radical (unpaired) electrons. The Labute approximate surface area is 121 Å². The summed E-state index contributed by atoms with van der Waals surface area (Å²) in [4.78, 5) is 11.7. The molecule has 0 heterocycles. The quantitative estimate of drug-likeness (QED) is 0.385. The first-order chi connectivity index (χ1) is 8.90. The Morgan fingerprint density at radius 2 is 2.05 bits per heavy atom. The molecule has 0 aliphatic rings. The van der Waals surface area contributed by atoms with Crippen LogP contribution in [0.15, 0.2) is 29.5 Å². The standard InChI is InChI=1S/C13H13Cl2NO3/c1-3-19-13(18)10(7(2)17)12(16)8-5-4-6-9(14)11(8)15/h4-6,16-17H,3H2,1-2H3/b10-7-,16-12?. The van der Waals surface area contributed by atoms with E-state index in [0.29, 0.717) is 0 Å². The Morgan fingerprint density at radius 1 is 1.42 bits per heavy atom. The van der Waals surface area contributed by atoms with Gasteiger partial charge in [-0.15, -0.1) is 0 Å². The molecule has 1 aromatic rings. The van der Waals surface area contributed by atoms with Gasteiger partial charge in [0.1, 0.15) is 11.3 Å². The van der Waals surface area contributed by atoms with Gasteiger partial charge in [-0.05, 0) is 19.9 Å². The van der Waals surface area contributed by atoms with Crippen LogP contribution in [0.5, 0.6) is 0 Å². The first-order valence-electron chi connectivity index (χ1n) is 5.50. The fraction of sp³-hybridized carbons (Fsp3) is 0.231. The first kappa shape index (κ1) is 15.5. The third-order valence-corrected chi connectivity index (χ3v) is 3.13. The van der Waals surface area contributed by atoms with E-state index in [-0.39, 0.29) is 39.3 Å². The molecule has 0 aliphatic heterocycles. The number of esters is 1. The number of aliphatic hydroxyl groups is 1. The highest BCUT2D eigenvalue weighted by atomic mass is 35.5. The fourth-order valence-electron chi connectivity index (χ4n) is 1.47. The summed E-state index contributed by atoms with van der Waals surface area (Å²) in [5.74, 6) is -1.08. The summed E-state index contributed by atoms with van der Waals surface area (Å²) in [6, 6.07) is 4.71. The van der Waals surface area contributed by atoms with Crippen molar-refractivity contribution in [1.29, 1.82) is 5.41 Å². The zero-order valence-corrected chi connectivity index (χ0v) is 12.0. The van der Waals surface area contributed by atoms with Crippen molar-refractivity contribution in [2.45, 2.75) is 13.8 Å². The van der Waals surface area contributed by atoms with E-state index in [1.54, 1.807) is 25.1 Å². The van der Waals surface area contributed by atoms with Crippen LogP contribution in [0.3, 0.4) is 0 Å². The van der Waals surface area contributed by atoms with Crippen molar-refractivity contribution < 1.29 is 14.6 Å². The molecular formula is C13H13Cl2NO3. The molecule has 0 aliphatic carbocycles. The highest BCUT2D eigenvalue weighted by Gasteiger charge is 2.23. The van der Waals surface area contributed by atoms with Gasteiger partial charge in [0.25, 0.3) is 0 Å². The summed E-state index contributed by atoms with van der Waals surface area (Å²) in [5, 5.41) is 18.0. The second kappa shape index (κ2) is 6.59. The molecule has 2 N–H and O–H groups in total. The lowest BCUT2D eigenvalue weighted by atomic mass is 10.0. The minimum Gasteiger partial charge on any atom is -0.512 e. The lowest BCUT2D eigenvalue weighted by Crippen LogP contribution is -2.18. The number of aliphatic hydroxyl groups excluding tert-OH is 1. The van der Waals surface area contributed by atoms with Crippen LogP contribution in [0.2, 0.25) is 10.0 Å². The molecule has 1 rings (SSSR count). The minimum absolute atomic E-state index is 0.145. The third kappa shape index (κ3) is 3.49. The van der Waals surface area contributed by atoms with E-state index in [1.165, 1.54) is 6.92 Å². The molecule has 0 fully saturated rings. The van der Waals surface area contributed by atoms with Crippen molar-refractivity contribution in [3.8, 4) is 0 Å². The van der Waals surface area contributed by atoms with E-state index in [0.717, 1.165) is 0 Å². The van der Waals surface area contributed by atoms with Crippen LogP contribution >= 0.6 is 23.2 Å². The smallest absolute Gasteiger partial charge is 0.343 e. The molecule has 0 amide bonds. The maximum Gasteiger partial charge on any atom is 0.343 e. The number of carbonyl (C=O) groups is 1. The number of halogens is 2. The van der Waals surface area contributed by atoms with Crippen LogP contribution in [0, 0.1) is 5.41 Å². The topological polar surface area (TPSA) is 70.4 Å². The van der Waals surface area contributed by atoms with Crippen molar-refractivity contribution in [2.24, 2.45) is 0 Å². The Kier molecular flexibility index (Phi) is 5.39. The van der Waals surface area contributed by atoms with Crippen LogP contribution < -0.4 is 0 Å². The van der Waals surface area contributed by atoms with Gasteiger partial charge in [0.15, 0.2) is 0 Å². The van der Waals surface area contributed by atoms with Gasteiger partial charge < -0.3 is 9.84 Å². The minimum atomic E-state index is -0.774. The van der Waals surface area contributed by atoms with Gasteiger partial charge in [0.05, 0.1) is 22.4 Å². The largest absolute Gasteiger partial charge is 0.512 e. The monoisotopic (exact) mass is 301 g/mol. The Balaban J connectivity index is 3.26. The molecule has 19 heavy (non-hydrogen) atoms. The summed E-state index contributed by atoms with van der Waals surface area (Å²) in [7, 11) is 0. The number of carbonyl (C=O) groups excluding carboxylic acids is 1. The van der Waals surface area contributed by atoms with Crippen LogP contribution in [0.25, 0.3) is 0 Å². The summed E-state index contributed by atoms with van der Waals surface area (Å²) in [6.07, 6.45) is 0. The van der Waals surface area contributed by atoms with Gasteiger partial charge in [-0.3, -0.25) is 5.41 Å². The van der Waals surface area contributed by atoms with Gasteiger partial charge in [0.2, 0.25) is 0 Å². The number of benzene rings is 1. The number of hydrogen-bond donors (Lipinski definition) is 2. The van der Waals surface area contributed by atoms with Crippen LogP contribution in [-0.2, 0) is 9.53 Å². The number of ether oxygens (including phenoxy) is 1. The molecule has 0 bridgehead atoms. The molecule has 102 valence electrons. The molecule has 0 atom stereocenters. The Bertz CT molecular complexity index is 549. The highest BCUT2D eigenvalue weighted by molar-refractivity contribution is 6.45. The predicted octanol–water partition coefficient (Wildman–Crippen LogP) is 3.76. The zero-order valence-electron chi connectivity index (χ0n) is 10.5. The molecule has 0 saturated carbocycles. The van der Waals surface area contributed by atoms with E-state index in [9.17, 15) is 9.90 Å². The summed E-state index contributed by atoms with van der Waals surface area (Å²) in [5.41, 5.74) is -0.206. The van der Waals surface area contributed by atoms with Crippen molar-refractivity contribution >= 4 is 34.9 Å². The predicted molar refractivity (Wildman–Crippen MR) is 75.3 cm³/mol. The summed E-state index contributed by atoms with van der Waals surface area (Å²) in [6.45, 7) is 3.09. The lowest BCUT2D eigenvalue weighted by Gasteiger charge is -2.11. The van der Waals surface area contributed by atoms with Gasteiger partial charge in [-0.1, -0.05) is 35.3 Å². The molecule has 0 saturated heterocycles. The SMILES string of the molecule is CCOC(=O)/C(C(=N)c1cccc(Cl)c1Cl)=C(/C)O. The van der Waals surface area contributed by atoms with Crippen molar-refractivity contribution in [2.75, 3.05) is 6.61 Å². The number of hydrogen-bond acceptors (Lipinski definition) is 4. The molecule has 4 nitrogen and oxygen atoms in total. The van der Waals surface area contributed by atoms with Gasteiger partial charge in [0, 0.05) is 5.56 Å². The van der Waals surface area contributed by atoms with Gasteiger partial charge >= 0.3 is 5.97 Å². The molecule has 1 aromatic carbocycles. The molecular weight excluding hydrogens is 289 g/mol. The molecule has 0 unspecified atom stereocenters.